The predicted octanol–water partition coefficient (Wildman–Crippen LogP) is 1.76. The number of rotatable bonds is 6. The number of nitrogen functional groups attached to an aromatic ring is 1. The molecule has 1 atom stereocenters. The van der Waals surface area contributed by atoms with Gasteiger partial charge < -0.3 is 15.5 Å². The molecule has 0 saturated carbocycles. The zero-order valence-electron chi connectivity index (χ0n) is 13.5. The van der Waals surface area contributed by atoms with Crippen LogP contribution in [0.15, 0.2) is 6.07 Å². The number of aromatic nitrogens is 1. The Morgan fingerprint density at radius 2 is 2.00 bits per heavy atom. The Hall–Kier alpha value is -1.62. The molecule has 20 heavy (non-hydrogen) atoms. The summed E-state index contributed by atoms with van der Waals surface area (Å²) < 4.78 is 0. The quantitative estimate of drug-likeness (QED) is 0.614. The van der Waals surface area contributed by atoms with Crippen molar-refractivity contribution >= 4 is 11.7 Å². The normalized spacial score (nSPS) is 12.6. The number of nitrogens with one attached hydrogen (secondary N) is 1. The second-order valence-electron chi connectivity index (χ2n) is 5.59. The van der Waals surface area contributed by atoms with Crippen LogP contribution in [0.25, 0.3) is 0 Å². The summed E-state index contributed by atoms with van der Waals surface area (Å²) in [6.45, 7) is 10.0. The van der Waals surface area contributed by atoms with Crippen molar-refractivity contribution in [2.45, 2.75) is 33.7 Å². The second kappa shape index (κ2) is 6.70. The lowest BCUT2D eigenvalue weighted by Crippen LogP contribution is -2.41. The van der Waals surface area contributed by atoms with E-state index in [9.17, 15) is 0 Å². The van der Waals surface area contributed by atoms with Crippen molar-refractivity contribution in [3.63, 3.8) is 0 Å². The maximum atomic E-state index is 7.84. The van der Waals surface area contributed by atoms with Crippen LogP contribution in [0.2, 0.25) is 0 Å². The fourth-order valence-corrected chi connectivity index (χ4v) is 2.65. The molecule has 0 aliphatic heterocycles. The highest BCUT2D eigenvalue weighted by Crippen LogP contribution is 2.24. The summed E-state index contributed by atoms with van der Waals surface area (Å²) in [6, 6.07) is 2.28. The molecule has 1 rings (SSSR count). The van der Waals surface area contributed by atoms with E-state index in [1.54, 1.807) is 0 Å². The van der Waals surface area contributed by atoms with Gasteiger partial charge >= 0.3 is 0 Å². The topological polar surface area (TPSA) is 69.2 Å². The molecule has 0 amide bonds. The Balaban J connectivity index is 3.30. The van der Waals surface area contributed by atoms with E-state index in [0.29, 0.717) is 6.04 Å². The van der Waals surface area contributed by atoms with Crippen LogP contribution in [0.4, 0.5) is 5.82 Å². The van der Waals surface area contributed by atoms with E-state index < -0.39 is 0 Å². The van der Waals surface area contributed by atoms with Crippen LogP contribution in [0.5, 0.6) is 0 Å². The van der Waals surface area contributed by atoms with Crippen molar-refractivity contribution in [2.75, 3.05) is 32.1 Å². The lowest BCUT2D eigenvalue weighted by molar-refractivity contribution is 0.372. The van der Waals surface area contributed by atoms with Gasteiger partial charge in [0.25, 0.3) is 0 Å². The SMILES string of the molecule is CCN(c1nc(C)cc(C)c1C(=N)N)C(C)CN(C)C. The summed E-state index contributed by atoms with van der Waals surface area (Å²) in [5.41, 5.74) is 8.48. The van der Waals surface area contributed by atoms with Gasteiger partial charge in [-0.05, 0) is 53.4 Å². The number of pyridine rings is 1. The number of nitrogens with two attached hydrogens (primary N) is 1. The highest BCUT2D eigenvalue weighted by atomic mass is 15.2. The summed E-state index contributed by atoms with van der Waals surface area (Å²) in [7, 11) is 4.12. The summed E-state index contributed by atoms with van der Waals surface area (Å²) in [4.78, 5) is 9.02. The van der Waals surface area contributed by atoms with Gasteiger partial charge in [-0.1, -0.05) is 0 Å². The fourth-order valence-electron chi connectivity index (χ4n) is 2.65. The molecule has 5 heteroatoms. The molecule has 0 bridgehead atoms. The van der Waals surface area contributed by atoms with E-state index in [4.69, 9.17) is 11.1 Å². The molecule has 0 radical (unpaired) electrons. The molecule has 1 heterocycles. The lowest BCUT2D eigenvalue weighted by Gasteiger charge is -2.33. The van der Waals surface area contributed by atoms with E-state index in [2.05, 4.69) is 42.7 Å². The van der Waals surface area contributed by atoms with Gasteiger partial charge in [-0.25, -0.2) is 4.98 Å². The number of hydrogen-bond acceptors (Lipinski definition) is 4. The van der Waals surface area contributed by atoms with Crippen LogP contribution in [0, 0.1) is 19.3 Å². The summed E-state index contributed by atoms with van der Waals surface area (Å²) in [5.74, 6) is 0.910. The standard InChI is InChI=1S/C15H27N5/c1-7-20(12(4)9-19(5)6)15-13(14(16)17)10(2)8-11(3)18-15/h8,12H,7,9H2,1-6H3,(H3,16,17). The largest absolute Gasteiger partial charge is 0.384 e. The molecule has 112 valence electrons. The molecule has 1 aromatic heterocycles. The first-order valence-corrected chi connectivity index (χ1v) is 7.01. The minimum atomic E-state index is 0.0838. The van der Waals surface area contributed by atoms with Gasteiger partial charge in [0.1, 0.15) is 11.7 Å². The fraction of sp³-hybridized carbons (Fsp3) is 0.600. The number of anilines is 1. The minimum absolute atomic E-state index is 0.0838. The first-order valence-electron chi connectivity index (χ1n) is 7.01. The van der Waals surface area contributed by atoms with E-state index in [1.807, 2.05) is 19.9 Å². The molecule has 0 aromatic carbocycles. The van der Waals surface area contributed by atoms with E-state index in [-0.39, 0.29) is 5.84 Å². The van der Waals surface area contributed by atoms with Gasteiger partial charge in [0.2, 0.25) is 0 Å². The van der Waals surface area contributed by atoms with E-state index >= 15 is 0 Å². The second-order valence-corrected chi connectivity index (χ2v) is 5.59. The predicted molar refractivity (Wildman–Crippen MR) is 85.8 cm³/mol. The zero-order chi connectivity index (χ0) is 15.4. The van der Waals surface area contributed by atoms with Crippen molar-refractivity contribution in [1.29, 1.82) is 5.41 Å². The minimum Gasteiger partial charge on any atom is -0.384 e. The average molecular weight is 277 g/mol. The van der Waals surface area contributed by atoms with Crippen molar-refractivity contribution in [1.82, 2.24) is 9.88 Å². The van der Waals surface area contributed by atoms with Crippen LogP contribution in [0.1, 0.15) is 30.7 Å². The third kappa shape index (κ3) is 3.70. The van der Waals surface area contributed by atoms with Crippen LogP contribution < -0.4 is 10.6 Å². The molecular formula is C15H27N5. The number of likely N-dealkylation sites (N-methyl/N-ethyl adjacent to an activating group) is 2. The molecule has 1 unspecified atom stereocenters. The third-order valence-electron chi connectivity index (χ3n) is 3.37. The molecule has 5 nitrogen and oxygen atoms in total. The van der Waals surface area contributed by atoms with Gasteiger partial charge in [-0.2, -0.15) is 0 Å². The Kier molecular flexibility index (Phi) is 5.51. The Morgan fingerprint density at radius 3 is 2.45 bits per heavy atom. The molecule has 0 fully saturated rings. The average Bonchev–Trinajstić information content (AvgIpc) is 2.26. The number of aryl methyl sites for hydroxylation is 2. The molecule has 3 N–H and O–H groups in total. The lowest BCUT2D eigenvalue weighted by atomic mass is 10.1. The maximum Gasteiger partial charge on any atom is 0.140 e. The molecule has 0 aliphatic rings. The summed E-state index contributed by atoms with van der Waals surface area (Å²) in [6.07, 6.45) is 0. The van der Waals surface area contributed by atoms with Crippen molar-refractivity contribution < 1.29 is 0 Å². The molecule has 0 spiro atoms. The zero-order valence-corrected chi connectivity index (χ0v) is 13.5. The van der Waals surface area contributed by atoms with Gasteiger partial charge in [-0.15, -0.1) is 0 Å². The smallest absolute Gasteiger partial charge is 0.140 e. The van der Waals surface area contributed by atoms with E-state index in [0.717, 1.165) is 35.7 Å². The highest BCUT2D eigenvalue weighted by Gasteiger charge is 2.21. The molecule has 0 saturated heterocycles. The van der Waals surface area contributed by atoms with Crippen LogP contribution >= 0.6 is 0 Å². The van der Waals surface area contributed by atoms with Crippen LogP contribution in [0.3, 0.4) is 0 Å². The number of nitrogens with zero attached hydrogens (tertiary/aromatic N) is 3. The van der Waals surface area contributed by atoms with Crippen LogP contribution in [-0.4, -0.2) is 48.9 Å². The number of hydrogen-bond donors (Lipinski definition) is 2. The van der Waals surface area contributed by atoms with E-state index in [1.165, 1.54) is 0 Å². The summed E-state index contributed by atoms with van der Waals surface area (Å²) >= 11 is 0. The first kappa shape index (κ1) is 16.4. The Bertz CT molecular complexity index is 481. The van der Waals surface area contributed by atoms with Crippen molar-refractivity contribution in [3.8, 4) is 0 Å². The van der Waals surface area contributed by atoms with Gasteiger partial charge in [-0.3, -0.25) is 5.41 Å². The van der Waals surface area contributed by atoms with Gasteiger partial charge in [0.15, 0.2) is 0 Å². The first-order chi connectivity index (χ1) is 9.27. The summed E-state index contributed by atoms with van der Waals surface area (Å²) in [5, 5.41) is 7.84. The Labute approximate surface area is 122 Å². The maximum absolute atomic E-state index is 7.84. The van der Waals surface area contributed by atoms with Gasteiger partial charge in [0, 0.05) is 24.8 Å². The van der Waals surface area contributed by atoms with Gasteiger partial charge in [0.05, 0.1) is 5.56 Å². The van der Waals surface area contributed by atoms with Crippen molar-refractivity contribution in [2.24, 2.45) is 5.73 Å². The third-order valence-corrected chi connectivity index (χ3v) is 3.37. The number of amidine groups is 1. The molecule has 1 aromatic rings. The Morgan fingerprint density at radius 1 is 1.40 bits per heavy atom. The highest BCUT2D eigenvalue weighted by molar-refractivity contribution is 6.01. The molecule has 0 aliphatic carbocycles. The monoisotopic (exact) mass is 277 g/mol. The molecular weight excluding hydrogens is 250 g/mol. The van der Waals surface area contributed by atoms with Crippen LogP contribution in [-0.2, 0) is 0 Å². The van der Waals surface area contributed by atoms with Crippen molar-refractivity contribution in [3.05, 3.63) is 22.9 Å².